The molecule has 1 saturated carbocycles. The number of pyridine rings is 1. The van der Waals surface area contributed by atoms with Gasteiger partial charge in [-0.05, 0) is 53.6 Å². The summed E-state index contributed by atoms with van der Waals surface area (Å²) in [5.41, 5.74) is 1.01. The van der Waals surface area contributed by atoms with Crippen molar-refractivity contribution in [3.63, 3.8) is 0 Å². The standard InChI is InChI=1S/C14H16IN3O/c15-13-6-3-8-17(14(13)19)10-11-7-9-18(16-11)12-4-1-2-5-12/h3,6-9,12H,1-2,4-5,10H2. The summed E-state index contributed by atoms with van der Waals surface area (Å²) in [4.78, 5) is 12.0. The van der Waals surface area contributed by atoms with Crippen molar-refractivity contribution in [3.8, 4) is 0 Å². The Labute approximate surface area is 125 Å². The maximum absolute atomic E-state index is 12.0. The van der Waals surface area contributed by atoms with Gasteiger partial charge in [0.1, 0.15) is 0 Å². The van der Waals surface area contributed by atoms with Crippen LogP contribution in [0.5, 0.6) is 0 Å². The van der Waals surface area contributed by atoms with E-state index in [-0.39, 0.29) is 5.56 Å². The second kappa shape index (κ2) is 5.48. The van der Waals surface area contributed by atoms with Crippen LogP contribution in [0.15, 0.2) is 35.4 Å². The summed E-state index contributed by atoms with van der Waals surface area (Å²) in [6, 6.07) is 6.31. The van der Waals surface area contributed by atoms with Crippen LogP contribution in [-0.2, 0) is 6.54 Å². The van der Waals surface area contributed by atoms with Crippen molar-refractivity contribution >= 4 is 22.6 Å². The second-order valence-electron chi connectivity index (χ2n) is 5.01. The molecule has 0 bridgehead atoms. The molecule has 0 aromatic carbocycles. The van der Waals surface area contributed by atoms with Crippen molar-refractivity contribution < 1.29 is 0 Å². The van der Waals surface area contributed by atoms with Crippen molar-refractivity contribution in [2.75, 3.05) is 0 Å². The fourth-order valence-corrected chi connectivity index (χ4v) is 3.16. The van der Waals surface area contributed by atoms with Gasteiger partial charge in [0.25, 0.3) is 5.56 Å². The van der Waals surface area contributed by atoms with Crippen LogP contribution in [0.25, 0.3) is 0 Å². The van der Waals surface area contributed by atoms with E-state index in [2.05, 4.69) is 32.4 Å². The van der Waals surface area contributed by atoms with E-state index in [1.54, 1.807) is 4.57 Å². The molecule has 19 heavy (non-hydrogen) atoms. The smallest absolute Gasteiger partial charge is 0.264 e. The lowest BCUT2D eigenvalue weighted by Gasteiger charge is -2.09. The van der Waals surface area contributed by atoms with Gasteiger partial charge in [-0.1, -0.05) is 12.8 Å². The van der Waals surface area contributed by atoms with Crippen LogP contribution in [0.1, 0.15) is 37.4 Å². The summed E-state index contributed by atoms with van der Waals surface area (Å²) >= 11 is 2.07. The Morgan fingerprint density at radius 1 is 1.26 bits per heavy atom. The van der Waals surface area contributed by atoms with E-state index in [1.165, 1.54) is 25.7 Å². The summed E-state index contributed by atoms with van der Waals surface area (Å²) in [5, 5.41) is 4.61. The van der Waals surface area contributed by atoms with E-state index >= 15 is 0 Å². The van der Waals surface area contributed by atoms with Gasteiger partial charge in [-0.25, -0.2) is 0 Å². The van der Waals surface area contributed by atoms with Crippen LogP contribution in [0, 0.1) is 3.57 Å². The number of aromatic nitrogens is 3. The molecule has 0 saturated heterocycles. The molecule has 2 heterocycles. The zero-order valence-electron chi connectivity index (χ0n) is 10.6. The average molecular weight is 369 g/mol. The van der Waals surface area contributed by atoms with E-state index in [0.29, 0.717) is 12.6 Å². The van der Waals surface area contributed by atoms with Gasteiger partial charge < -0.3 is 4.57 Å². The van der Waals surface area contributed by atoms with Crippen LogP contribution >= 0.6 is 22.6 Å². The van der Waals surface area contributed by atoms with Gasteiger partial charge in [-0.2, -0.15) is 5.10 Å². The molecule has 0 unspecified atom stereocenters. The van der Waals surface area contributed by atoms with Crippen LogP contribution < -0.4 is 5.56 Å². The highest BCUT2D eigenvalue weighted by Gasteiger charge is 2.17. The average Bonchev–Trinajstić information content (AvgIpc) is 3.05. The minimum atomic E-state index is 0.0542. The fourth-order valence-electron chi connectivity index (χ4n) is 2.64. The van der Waals surface area contributed by atoms with Crippen molar-refractivity contribution in [2.45, 2.75) is 38.3 Å². The number of hydrogen-bond acceptors (Lipinski definition) is 2. The highest BCUT2D eigenvalue weighted by molar-refractivity contribution is 14.1. The Balaban J connectivity index is 1.80. The SMILES string of the molecule is O=c1c(I)cccn1Cc1ccn(C2CCCC2)n1. The molecule has 100 valence electrons. The zero-order valence-corrected chi connectivity index (χ0v) is 12.8. The van der Waals surface area contributed by atoms with Crippen molar-refractivity contribution in [2.24, 2.45) is 0 Å². The summed E-state index contributed by atoms with van der Waals surface area (Å²) in [7, 11) is 0. The van der Waals surface area contributed by atoms with Gasteiger partial charge in [0.15, 0.2) is 0 Å². The molecular formula is C14H16IN3O. The highest BCUT2D eigenvalue weighted by atomic mass is 127. The van der Waals surface area contributed by atoms with Gasteiger partial charge in [0, 0.05) is 12.4 Å². The van der Waals surface area contributed by atoms with E-state index in [9.17, 15) is 4.79 Å². The Kier molecular flexibility index (Phi) is 3.72. The molecule has 0 aliphatic heterocycles. The first-order valence-corrected chi connectivity index (χ1v) is 7.71. The first kappa shape index (κ1) is 12.9. The van der Waals surface area contributed by atoms with Crippen LogP contribution in [0.4, 0.5) is 0 Å². The predicted molar refractivity (Wildman–Crippen MR) is 82.3 cm³/mol. The Morgan fingerprint density at radius 3 is 2.84 bits per heavy atom. The summed E-state index contributed by atoms with van der Waals surface area (Å²) < 4.78 is 4.53. The maximum atomic E-state index is 12.0. The first-order valence-electron chi connectivity index (χ1n) is 6.63. The molecule has 5 heteroatoms. The number of hydrogen-bond donors (Lipinski definition) is 0. The van der Waals surface area contributed by atoms with Crippen LogP contribution in [-0.4, -0.2) is 14.3 Å². The molecule has 0 radical (unpaired) electrons. The summed E-state index contributed by atoms with van der Waals surface area (Å²) in [5.74, 6) is 0. The van der Waals surface area contributed by atoms with E-state index in [4.69, 9.17) is 0 Å². The molecule has 2 aromatic rings. The predicted octanol–water partition coefficient (Wildman–Crippen LogP) is 2.81. The van der Waals surface area contributed by atoms with E-state index in [0.717, 1.165) is 9.26 Å². The molecule has 0 spiro atoms. The van der Waals surface area contributed by atoms with Gasteiger partial charge in [-0.15, -0.1) is 0 Å². The van der Waals surface area contributed by atoms with Gasteiger partial charge in [0.2, 0.25) is 0 Å². The lowest BCUT2D eigenvalue weighted by atomic mass is 10.3. The topological polar surface area (TPSA) is 39.8 Å². The monoisotopic (exact) mass is 369 g/mol. The Hall–Kier alpha value is -1.11. The Morgan fingerprint density at radius 2 is 2.05 bits per heavy atom. The quantitative estimate of drug-likeness (QED) is 0.781. The first-order chi connectivity index (χ1) is 9.24. The van der Waals surface area contributed by atoms with Crippen molar-refractivity contribution in [3.05, 3.63) is 50.2 Å². The van der Waals surface area contributed by atoms with Gasteiger partial charge in [-0.3, -0.25) is 9.48 Å². The number of halogens is 1. The largest absolute Gasteiger partial charge is 0.309 e. The molecule has 1 aliphatic carbocycles. The van der Waals surface area contributed by atoms with E-state index in [1.807, 2.05) is 30.6 Å². The normalized spacial score (nSPS) is 16.1. The highest BCUT2D eigenvalue weighted by Crippen LogP contribution is 2.28. The number of nitrogens with zero attached hydrogens (tertiary/aromatic N) is 3. The zero-order chi connectivity index (χ0) is 13.2. The Bertz CT molecular complexity index is 626. The molecule has 1 aliphatic rings. The summed E-state index contributed by atoms with van der Waals surface area (Å²) in [6.45, 7) is 0.551. The maximum Gasteiger partial charge on any atom is 0.264 e. The fraction of sp³-hybridized carbons (Fsp3) is 0.429. The molecule has 1 fully saturated rings. The third-order valence-corrected chi connectivity index (χ3v) is 4.49. The molecule has 3 rings (SSSR count). The molecule has 0 atom stereocenters. The lowest BCUT2D eigenvalue weighted by Crippen LogP contribution is -2.22. The van der Waals surface area contributed by atoms with Gasteiger partial charge >= 0.3 is 0 Å². The van der Waals surface area contributed by atoms with Gasteiger partial charge in [0.05, 0.1) is 21.9 Å². The third-order valence-electron chi connectivity index (χ3n) is 3.67. The molecule has 2 aromatic heterocycles. The molecule has 4 nitrogen and oxygen atoms in total. The van der Waals surface area contributed by atoms with Crippen LogP contribution in [0.3, 0.4) is 0 Å². The van der Waals surface area contributed by atoms with Crippen LogP contribution in [0.2, 0.25) is 0 Å². The second-order valence-corrected chi connectivity index (χ2v) is 6.18. The van der Waals surface area contributed by atoms with Crippen molar-refractivity contribution in [1.29, 1.82) is 0 Å². The third kappa shape index (κ3) is 2.75. The van der Waals surface area contributed by atoms with E-state index < -0.39 is 0 Å². The minimum absolute atomic E-state index is 0.0542. The summed E-state index contributed by atoms with van der Waals surface area (Å²) in [6.07, 6.45) is 8.92. The van der Waals surface area contributed by atoms with Crippen molar-refractivity contribution in [1.82, 2.24) is 14.3 Å². The molecule has 0 N–H and O–H groups in total. The molecular weight excluding hydrogens is 353 g/mol. The number of rotatable bonds is 3. The lowest BCUT2D eigenvalue weighted by molar-refractivity contribution is 0.461. The molecule has 0 amide bonds. The minimum Gasteiger partial charge on any atom is -0.309 e.